The van der Waals surface area contributed by atoms with Gasteiger partial charge in [0, 0.05) is 10.5 Å². The summed E-state index contributed by atoms with van der Waals surface area (Å²) >= 11 is 3.37. The maximum Gasteiger partial charge on any atom is 0.0845 e. The first-order chi connectivity index (χ1) is 6.24. The fraction of sp³-hybridized carbons (Fsp3) is 0.300. The molecule has 0 aliphatic rings. The smallest absolute Gasteiger partial charge is 0.0845 e. The van der Waals surface area contributed by atoms with Gasteiger partial charge in [0.1, 0.15) is 0 Å². The normalized spacial score (nSPS) is 12.1. The summed E-state index contributed by atoms with van der Waals surface area (Å²) in [5, 5.41) is 11.5. The average Bonchev–Trinajstić information content (AvgIpc) is 2.15. The van der Waals surface area contributed by atoms with E-state index in [-0.39, 0.29) is 6.04 Å². The second-order valence-electron chi connectivity index (χ2n) is 2.81. The largest absolute Gasteiger partial charge is 0.298 e. The van der Waals surface area contributed by atoms with Crippen LogP contribution in [0.5, 0.6) is 0 Å². The van der Waals surface area contributed by atoms with E-state index in [1.807, 2.05) is 31.2 Å². The van der Waals surface area contributed by atoms with Crippen molar-refractivity contribution in [2.45, 2.75) is 13.0 Å². The first kappa shape index (κ1) is 10.2. The first-order valence-electron chi connectivity index (χ1n) is 4.10. The molecule has 0 radical (unpaired) electrons. The molecule has 0 aliphatic heterocycles. The minimum Gasteiger partial charge on any atom is -0.298 e. The van der Waals surface area contributed by atoms with Crippen molar-refractivity contribution < 1.29 is 0 Å². The molecule has 0 saturated heterocycles. The van der Waals surface area contributed by atoms with Crippen LogP contribution in [0.4, 0.5) is 0 Å². The number of nitrogens with one attached hydrogen (secondary N) is 1. The molecule has 2 nitrogen and oxygen atoms in total. The molecular formula is C10H11BrN2. The van der Waals surface area contributed by atoms with Gasteiger partial charge in [0.05, 0.1) is 12.6 Å². The third-order valence-electron chi connectivity index (χ3n) is 1.86. The molecule has 0 bridgehead atoms. The topological polar surface area (TPSA) is 35.8 Å². The minimum atomic E-state index is 0.229. The third-order valence-corrected chi connectivity index (χ3v) is 2.39. The van der Waals surface area contributed by atoms with Crippen LogP contribution in [0.25, 0.3) is 0 Å². The molecular weight excluding hydrogens is 228 g/mol. The number of nitriles is 1. The van der Waals surface area contributed by atoms with Crippen molar-refractivity contribution in [3.8, 4) is 6.07 Å². The number of hydrogen-bond acceptors (Lipinski definition) is 2. The Morgan fingerprint density at radius 3 is 2.62 bits per heavy atom. The summed E-state index contributed by atoms with van der Waals surface area (Å²) in [5.41, 5.74) is 1.19. The van der Waals surface area contributed by atoms with Crippen molar-refractivity contribution in [2.75, 3.05) is 6.54 Å². The van der Waals surface area contributed by atoms with E-state index >= 15 is 0 Å². The molecule has 0 fully saturated rings. The number of halogens is 1. The second kappa shape index (κ2) is 5.00. The lowest BCUT2D eigenvalue weighted by Gasteiger charge is -2.11. The van der Waals surface area contributed by atoms with E-state index < -0.39 is 0 Å². The van der Waals surface area contributed by atoms with Crippen molar-refractivity contribution in [1.29, 1.82) is 5.26 Å². The van der Waals surface area contributed by atoms with Gasteiger partial charge >= 0.3 is 0 Å². The molecule has 1 unspecified atom stereocenters. The number of nitrogens with zero attached hydrogens (tertiary/aromatic N) is 1. The molecule has 13 heavy (non-hydrogen) atoms. The van der Waals surface area contributed by atoms with E-state index in [0.29, 0.717) is 6.54 Å². The van der Waals surface area contributed by atoms with E-state index in [4.69, 9.17) is 5.26 Å². The van der Waals surface area contributed by atoms with Crippen LogP contribution >= 0.6 is 15.9 Å². The van der Waals surface area contributed by atoms with Crippen molar-refractivity contribution in [3.63, 3.8) is 0 Å². The zero-order valence-electron chi connectivity index (χ0n) is 7.42. The number of hydrogen-bond donors (Lipinski definition) is 1. The van der Waals surface area contributed by atoms with Crippen molar-refractivity contribution in [1.82, 2.24) is 5.32 Å². The van der Waals surface area contributed by atoms with Gasteiger partial charge in [-0.3, -0.25) is 5.32 Å². The molecule has 1 N–H and O–H groups in total. The van der Waals surface area contributed by atoms with E-state index in [9.17, 15) is 0 Å². The van der Waals surface area contributed by atoms with Crippen LogP contribution in [0.2, 0.25) is 0 Å². The van der Waals surface area contributed by atoms with E-state index in [2.05, 4.69) is 27.3 Å². The Morgan fingerprint density at radius 2 is 2.08 bits per heavy atom. The van der Waals surface area contributed by atoms with Crippen LogP contribution in [0, 0.1) is 11.3 Å². The zero-order chi connectivity index (χ0) is 9.68. The van der Waals surface area contributed by atoms with Crippen LogP contribution in [0.1, 0.15) is 18.5 Å². The van der Waals surface area contributed by atoms with Gasteiger partial charge in [-0.15, -0.1) is 0 Å². The molecule has 0 aliphatic carbocycles. The van der Waals surface area contributed by atoms with Gasteiger partial charge in [-0.05, 0) is 24.6 Å². The van der Waals surface area contributed by atoms with Gasteiger partial charge in [-0.2, -0.15) is 5.26 Å². The molecule has 0 saturated carbocycles. The summed E-state index contributed by atoms with van der Waals surface area (Å²) in [7, 11) is 0. The lowest BCUT2D eigenvalue weighted by Crippen LogP contribution is -2.18. The van der Waals surface area contributed by atoms with Crippen LogP contribution in [-0.4, -0.2) is 6.54 Å². The highest BCUT2D eigenvalue weighted by molar-refractivity contribution is 9.10. The van der Waals surface area contributed by atoms with Crippen LogP contribution in [0.3, 0.4) is 0 Å². The van der Waals surface area contributed by atoms with Gasteiger partial charge in [-0.1, -0.05) is 28.1 Å². The van der Waals surface area contributed by atoms with E-state index in [1.54, 1.807) is 0 Å². The lowest BCUT2D eigenvalue weighted by molar-refractivity contribution is 0.621. The highest BCUT2D eigenvalue weighted by atomic mass is 79.9. The molecule has 1 rings (SSSR count). The summed E-state index contributed by atoms with van der Waals surface area (Å²) in [4.78, 5) is 0. The Bertz CT molecular complexity index is 300. The first-order valence-corrected chi connectivity index (χ1v) is 4.89. The standard InChI is InChI=1S/C10H11BrN2/c1-8(13-7-6-12)9-2-4-10(11)5-3-9/h2-5,8,13H,7H2,1H3. The number of rotatable bonds is 3. The molecule has 0 heterocycles. The Morgan fingerprint density at radius 1 is 1.46 bits per heavy atom. The Kier molecular flexibility index (Phi) is 3.94. The SMILES string of the molecule is CC(NCC#N)c1ccc(Br)cc1. The highest BCUT2D eigenvalue weighted by Crippen LogP contribution is 2.15. The monoisotopic (exact) mass is 238 g/mol. The molecule has 68 valence electrons. The van der Waals surface area contributed by atoms with Gasteiger partial charge in [-0.25, -0.2) is 0 Å². The van der Waals surface area contributed by atoms with Crippen molar-refractivity contribution in [2.24, 2.45) is 0 Å². The zero-order valence-corrected chi connectivity index (χ0v) is 9.01. The summed E-state index contributed by atoms with van der Waals surface area (Å²) < 4.78 is 1.07. The fourth-order valence-corrected chi connectivity index (χ4v) is 1.33. The van der Waals surface area contributed by atoms with Gasteiger partial charge in [0.15, 0.2) is 0 Å². The Hall–Kier alpha value is -0.850. The Labute approximate surface area is 86.7 Å². The molecule has 1 atom stereocenters. The maximum atomic E-state index is 8.39. The van der Waals surface area contributed by atoms with Crippen LogP contribution in [0.15, 0.2) is 28.7 Å². The second-order valence-corrected chi connectivity index (χ2v) is 3.73. The molecule has 0 aromatic heterocycles. The predicted molar refractivity (Wildman–Crippen MR) is 56.2 cm³/mol. The van der Waals surface area contributed by atoms with Gasteiger partial charge in [0.2, 0.25) is 0 Å². The number of benzene rings is 1. The molecule has 1 aromatic rings. The van der Waals surface area contributed by atoms with Crippen LogP contribution in [-0.2, 0) is 0 Å². The highest BCUT2D eigenvalue weighted by Gasteiger charge is 2.02. The Balaban J connectivity index is 2.62. The lowest BCUT2D eigenvalue weighted by atomic mass is 10.1. The van der Waals surface area contributed by atoms with E-state index in [0.717, 1.165) is 4.47 Å². The quantitative estimate of drug-likeness (QED) is 0.823. The van der Waals surface area contributed by atoms with Crippen molar-refractivity contribution >= 4 is 15.9 Å². The summed E-state index contributed by atoms with van der Waals surface area (Å²) in [6, 6.07) is 10.4. The van der Waals surface area contributed by atoms with Crippen LogP contribution < -0.4 is 5.32 Å². The average molecular weight is 239 g/mol. The van der Waals surface area contributed by atoms with Crippen molar-refractivity contribution in [3.05, 3.63) is 34.3 Å². The summed E-state index contributed by atoms with van der Waals surface area (Å²) in [6.07, 6.45) is 0. The van der Waals surface area contributed by atoms with Gasteiger partial charge < -0.3 is 0 Å². The molecule has 0 amide bonds. The molecule has 3 heteroatoms. The summed E-state index contributed by atoms with van der Waals surface area (Å²) in [5.74, 6) is 0. The van der Waals surface area contributed by atoms with E-state index in [1.165, 1.54) is 5.56 Å². The molecule has 0 spiro atoms. The predicted octanol–water partition coefficient (Wildman–Crippen LogP) is 2.62. The summed E-state index contributed by atoms with van der Waals surface area (Å²) in [6.45, 7) is 2.43. The molecule has 1 aromatic carbocycles. The maximum absolute atomic E-state index is 8.39. The van der Waals surface area contributed by atoms with Gasteiger partial charge in [0.25, 0.3) is 0 Å². The fourth-order valence-electron chi connectivity index (χ4n) is 1.07. The third kappa shape index (κ3) is 3.17. The minimum absolute atomic E-state index is 0.229.